The van der Waals surface area contributed by atoms with Crippen molar-refractivity contribution >= 4 is 23.2 Å². The van der Waals surface area contributed by atoms with Crippen LogP contribution < -0.4 is 0 Å². The van der Waals surface area contributed by atoms with Gasteiger partial charge in [0.25, 0.3) is 0 Å². The lowest BCUT2D eigenvalue weighted by molar-refractivity contribution is -0.143. The molecule has 29 heavy (non-hydrogen) atoms. The largest absolute Gasteiger partial charge is 0.332 e. The smallest absolute Gasteiger partial charge is 0.242 e. The van der Waals surface area contributed by atoms with E-state index < -0.39 is 0 Å². The van der Waals surface area contributed by atoms with Gasteiger partial charge in [0.05, 0.1) is 13.1 Å². The van der Waals surface area contributed by atoms with Crippen LogP contribution in [0.2, 0.25) is 0 Å². The van der Waals surface area contributed by atoms with Gasteiger partial charge in [-0.1, -0.05) is 51.1 Å². The number of carbonyl (C=O) groups excluding carboxylic acids is 2. The topological polar surface area (TPSA) is 40.6 Å². The van der Waals surface area contributed by atoms with Crippen LogP contribution in [0.15, 0.2) is 41.8 Å². The van der Waals surface area contributed by atoms with Gasteiger partial charge in [0.2, 0.25) is 11.8 Å². The number of benzene rings is 1. The number of hydrogen-bond donors (Lipinski definition) is 0. The lowest BCUT2D eigenvalue weighted by atomic mass is 9.91. The molecule has 4 nitrogen and oxygen atoms in total. The maximum Gasteiger partial charge on any atom is 0.242 e. The van der Waals surface area contributed by atoms with Gasteiger partial charge in [-0.05, 0) is 48.8 Å². The SMILES string of the molecule is Cc1ccsc1CN(Cc1ccccc1)C(=O)CN(C(=O)CC(C)(C)C)C(C)C. The third-order valence-electron chi connectivity index (χ3n) is 4.80. The van der Waals surface area contributed by atoms with Crippen molar-refractivity contribution in [3.8, 4) is 0 Å². The van der Waals surface area contributed by atoms with Crippen molar-refractivity contribution in [2.75, 3.05) is 6.54 Å². The van der Waals surface area contributed by atoms with E-state index in [0.717, 1.165) is 5.56 Å². The molecule has 158 valence electrons. The first-order valence-corrected chi connectivity index (χ1v) is 11.1. The fourth-order valence-electron chi connectivity index (χ4n) is 3.14. The van der Waals surface area contributed by atoms with Gasteiger partial charge in [0.15, 0.2) is 0 Å². The highest BCUT2D eigenvalue weighted by Gasteiger charge is 2.27. The Morgan fingerprint density at radius 2 is 1.66 bits per heavy atom. The molecule has 5 heteroatoms. The van der Waals surface area contributed by atoms with Crippen molar-refractivity contribution in [1.82, 2.24) is 9.80 Å². The Bertz CT molecular complexity index is 806. The first-order valence-electron chi connectivity index (χ1n) is 10.2. The normalized spacial score (nSPS) is 11.6. The molecule has 1 heterocycles. The summed E-state index contributed by atoms with van der Waals surface area (Å²) in [6.45, 7) is 13.4. The van der Waals surface area contributed by atoms with E-state index in [1.807, 2.05) is 69.9 Å². The molecule has 0 fully saturated rings. The molecule has 0 bridgehead atoms. The van der Waals surface area contributed by atoms with Crippen molar-refractivity contribution in [2.24, 2.45) is 5.41 Å². The maximum atomic E-state index is 13.3. The minimum absolute atomic E-state index is 0.0161. The second-order valence-corrected chi connectivity index (χ2v) is 10.1. The molecule has 1 aromatic heterocycles. The number of carbonyl (C=O) groups is 2. The molecule has 0 aliphatic carbocycles. The van der Waals surface area contributed by atoms with E-state index in [1.54, 1.807) is 16.2 Å². The van der Waals surface area contributed by atoms with E-state index in [1.165, 1.54) is 10.4 Å². The molecule has 0 N–H and O–H groups in total. The number of nitrogens with zero attached hydrogens (tertiary/aromatic N) is 2. The molecule has 0 aliphatic rings. The van der Waals surface area contributed by atoms with Crippen LogP contribution in [0.1, 0.15) is 57.0 Å². The summed E-state index contributed by atoms with van der Waals surface area (Å²) in [6.07, 6.45) is 0.432. The summed E-state index contributed by atoms with van der Waals surface area (Å²) >= 11 is 1.67. The molecule has 2 rings (SSSR count). The fraction of sp³-hybridized carbons (Fsp3) is 0.500. The lowest BCUT2D eigenvalue weighted by Crippen LogP contribution is -2.46. The van der Waals surface area contributed by atoms with Gasteiger partial charge in [-0.2, -0.15) is 0 Å². The summed E-state index contributed by atoms with van der Waals surface area (Å²) in [5.74, 6) is 0.0189. The van der Waals surface area contributed by atoms with E-state index in [-0.39, 0.29) is 29.8 Å². The second kappa shape index (κ2) is 10.1. The summed E-state index contributed by atoms with van der Waals surface area (Å²) in [6, 6.07) is 12.1. The van der Waals surface area contributed by atoms with E-state index in [0.29, 0.717) is 19.5 Å². The fourth-order valence-corrected chi connectivity index (χ4v) is 4.06. The molecule has 0 saturated heterocycles. The molecular formula is C24H34N2O2S. The molecule has 0 unspecified atom stereocenters. The number of aryl methyl sites for hydroxylation is 1. The molecule has 0 saturated carbocycles. The Labute approximate surface area is 179 Å². The zero-order chi connectivity index (χ0) is 21.6. The Hall–Kier alpha value is -2.14. The van der Waals surface area contributed by atoms with Crippen molar-refractivity contribution in [3.05, 3.63) is 57.8 Å². The van der Waals surface area contributed by atoms with Crippen LogP contribution in [0, 0.1) is 12.3 Å². The number of hydrogen-bond acceptors (Lipinski definition) is 3. The molecule has 0 aliphatic heterocycles. The van der Waals surface area contributed by atoms with Crippen molar-refractivity contribution in [2.45, 2.75) is 67.1 Å². The van der Waals surface area contributed by atoms with Crippen molar-refractivity contribution in [1.29, 1.82) is 0 Å². The van der Waals surface area contributed by atoms with Crippen molar-refractivity contribution < 1.29 is 9.59 Å². The highest BCUT2D eigenvalue weighted by atomic mass is 32.1. The molecule has 2 aromatic rings. The molecule has 0 spiro atoms. The summed E-state index contributed by atoms with van der Waals surface area (Å²) in [5.41, 5.74) is 2.18. The minimum Gasteiger partial charge on any atom is -0.332 e. The summed E-state index contributed by atoms with van der Waals surface area (Å²) in [4.78, 5) is 30.9. The summed E-state index contributed by atoms with van der Waals surface area (Å²) in [5, 5.41) is 2.06. The highest BCUT2D eigenvalue weighted by Crippen LogP contribution is 2.22. The van der Waals surface area contributed by atoms with Gasteiger partial charge in [0.1, 0.15) is 0 Å². The predicted molar refractivity (Wildman–Crippen MR) is 121 cm³/mol. The molecule has 1 aromatic carbocycles. The molecular weight excluding hydrogens is 380 g/mol. The minimum atomic E-state index is -0.106. The average molecular weight is 415 g/mol. The van der Waals surface area contributed by atoms with E-state index in [2.05, 4.69) is 18.4 Å². The van der Waals surface area contributed by atoms with Crippen LogP contribution in [0.4, 0.5) is 0 Å². The van der Waals surface area contributed by atoms with Crippen LogP contribution in [-0.4, -0.2) is 34.2 Å². The quantitative estimate of drug-likeness (QED) is 0.591. The average Bonchev–Trinajstić information content (AvgIpc) is 3.02. The van der Waals surface area contributed by atoms with Gasteiger partial charge < -0.3 is 9.80 Å². The number of thiophene rings is 1. The monoisotopic (exact) mass is 414 g/mol. The zero-order valence-electron chi connectivity index (χ0n) is 18.6. The summed E-state index contributed by atoms with van der Waals surface area (Å²) in [7, 11) is 0. The molecule has 2 amide bonds. The Balaban J connectivity index is 2.20. The molecule has 0 radical (unpaired) electrons. The first kappa shape index (κ1) is 23.1. The van der Waals surface area contributed by atoms with E-state index in [4.69, 9.17) is 0 Å². The predicted octanol–water partition coefficient (Wildman–Crippen LogP) is 5.26. The van der Waals surface area contributed by atoms with Crippen LogP contribution in [0.25, 0.3) is 0 Å². The van der Waals surface area contributed by atoms with E-state index >= 15 is 0 Å². The third kappa shape index (κ3) is 7.32. The third-order valence-corrected chi connectivity index (χ3v) is 5.81. The van der Waals surface area contributed by atoms with Gasteiger partial charge >= 0.3 is 0 Å². The summed E-state index contributed by atoms with van der Waals surface area (Å²) < 4.78 is 0. The van der Waals surface area contributed by atoms with Gasteiger partial charge in [0, 0.05) is 23.9 Å². The second-order valence-electron chi connectivity index (χ2n) is 9.12. The van der Waals surface area contributed by atoms with Gasteiger partial charge in [-0.3, -0.25) is 9.59 Å². The Morgan fingerprint density at radius 1 is 1.00 bits per heavy atom. The lowest BCUT2D eigenvalue weighted by Gasteiger charge is -2.32. The van der Waals surface area contributed by atoms with Crippen molar-refractivity contribution in [3.63, 3.8) is 0 Å². The van der Waals surface area contributed by atoms with Crippen LogP contribution >= 0.6 is 11.3 Å². The first-order chi connectivity index (χ1) is 13.6. The molecule has 0 atom stereocenters. The van der Waals surface area contributed by atoms with Gasteiger partial charge in [-0.25, -0.2) is 0 Å². The number of rotatable bonds is 8. The maximum absolute atomic E-state index is 13.3. The van der Waals surface area contributed by atoms with Crippen LogP contribution in [0.5, 0.6) is 0 Å². The van der Waals surface area contributed by atoms with Gasteiger partial charge in [-0.15, -0.1) is 11.3 Å². The Morgan fingerprint density at radius 3 is 2.17 bits per heavy atom. The van der Waals surface area contributed by atoms with Crippen LogP contribution in [0.3, 0.4) is 0 Å². The standard InChI is InChI=1S/C24H34N2O2S/c1-18(2)26(22(27)14-24(4,5)6)17-23(28)25(15-20-10-8-7-9-11-20)16-21-19(3)12-13-29-21/h7-13,18H,14-17H2,1-6H3. The number of amides is 2. The zero-order valence-corrected chi connectivity index (χ0v) is 19.4. The van der Waals surface area contributed by atoms with Crippen LogP contribution in [-0.2, 0) is 22.7 Å². The Kier molecular flexibility index (Phi) is 8.03. The highest BCUT2D eigenvalue weighted by molar-refractivity contribution is 7.10. The van der Waals surface area contributed by atoms with E-state index in [9.17, 15) is 9.59 Å².